The molecule has 1 heterocycles. The summed E-state index contributed by atoms with van der Waals surface area (Å²) in [6, 6.07) is 3.97. The van der Waals surface area contributed by atoms with Crippen LogP contribution < -0.4 is 21.7 Å². The maximum Gasteiger partial charge on any atom is 0.326 e. The lowest BCUT2D eigenvalue weighted by Crippen LogP contribution is -2.52. The van der Waals surface area contributed by atoms with Gasteiger partial charge in [0.1, 0.15) is 0 Å². The summed E-state index contributed by atoms with van der Waals surface area (Å²) >= 11 is 0. The maximum absolute atomic E-state index is 12.6. The van der Waals surface area contributed by atoms with E-state index in [0.717, 1.165) is 0 Å². The number of aromatic amines is 2. The van der Waals surface area contributed by atoms with Gasteiger partial charge in [-0.15, -0.1) is 0 Å². The number of benzene rings is 1. The van der Waals surface area contributed by atoms with E-state index >= 15 is 0 Å². The van der Waals surface area contributed by atoms with Crippen LogP contribution in [-0.2, 0) is 10.0 Å². The van der Waals surface area contributed by atoms with Crippen LogP contribution in [-0.4, -0.2) is 30.5 Å². The summed E-state index contributed by atoms with van der Waals surface area (Å²) in [4.78, 5) is 27.5. The van der Waals surface area contributed by atoms with Crippen molar-refractivity contribution in [1.82, 2.24) is 14.7 Å². The van der Waals surface area contributed by atoms with Crippen LogP contribution in [0, 0.1) is 0 Å². The minimum Gasteiger partial charge on any atom is -0.329 e. The molecule has 9 heteroatoms. The summed E-state index contributed by atoms with van der Waals surface area (Å²) in [5, 5.41) is 0.0961. The van der Waals surface area contributed by atoms with Crippen LogP contribution in [0.4, 0.5) is 0 Å². The van der Waals surface area contributed by atoms with Crippen molar-refractivity contribution in [2.45, 2.75) is 37.1 Å². The highest BCUT2D eigenvalue weighted by Gasteiger charge is 2.31. The van der Waals surface area contributed by atoms with Crippen LogP contribution in [0.3, 0.4) is 0 Å². The first-order valence-corrected chi connectivity index (χ1v) is 8.75. The highest BCUT2D eigenvalue weighted by Crippen LogP contribution is 2.20. The standard InChI is InChI=1S/C14H20N4O4S/c1-3-14(4-2,8-15)18-23(21,22)9-5-6-11-10(7-9)12(19)17-13(20)16-11/h5-7,18H,3-4,8,15H2,1-2H3,(H2,16,17,19,20). The molecule has 0 aliphatic rings. The molecule has 126 valence electrons. The number of aromatic nitrogens is 2. The van der Waals surface area contributed by atoms with Gasteiger partial charge in [0.05, 0.1) is 15.8 Å². The largest absolute Gasteiger partial charge is 0.329 e. The van der Waals surface area contributed by atoms with Crippen LogP contribution in [0.5, 0.6) is 0 Å². The second-order valence-corrected chi connectivity index (χ2v) is 7.10. The first kappa shape index (κ1) is 17.4. The number of hydrogen-bond donors (Lipinski definition) is 4. The molecule has 0 amide bonds. The molecule has 0 radical (unpaired) electrons. The van der Waals surface area contributed by atoms with Crippen LogP contribution >= 0.6 is 0 Å². The zero-order chi connectivity index (χ0) is 17.3. The van der Waals surface area contributed by atoms with Gasteiger partial charge in [0.2, 0.25) is 10.0 Å². The molecule has 2 rings (SSSR count). The third kappa shape index (κ3) is 3.36. The van der Waals surface area contributed by atoms with E-state index in [1.54, 1.807) is 0 Å². The molecular weight excluding hydrogens is 320 g/mol. The molecule has 1 aromatic heterocycles. The number of hydrogen-bond acceptors (Lipinski definition) is 5. The fourth-order valence-corrected chi connectivity index (χ4v) is 3.96. The van der Waals surface area contributed by atoms with Gasteiger partial charge in [0.15, 0.2) is 0 Å². The van der Waals surface area contributed by atoms with Gasteiger partial charge in [-0.05, 0) is 31.0 Å². The molecule has 0 atom stereocenters. The van der Waals surface area contributed by atoms with Crippen molar-refractivity contribution in [2.75, 3.05) is 6.54 Å². The first-order valence-electron chi connectivity index (χ1n) is 7.27. The normalized spacial score (nSPS) is 12.7. The van der Waals surface area contributed by atoms with Crippen LogP contribution in [0.25, 0.3) is 10.9 Å². The lowest BCUT2D eigenvalue weighted by atomic mass is 9.95. The summed E-state index contributed by atoms with van der Waals surface area (Å²) in [5.74, 6) is 0. The van der Waals surface area contributed by atoms with E-state index in [1.165, 1.54) is 18.2 Å². The van der Waals surface area contributed by atoms with Crippen molar-refractivity contribution in [3.05, 3.63) is 39.0 Å². The molecule has 0 fully saturated rings. The van der Waals surface area contributed by atoms with Crippen molar-refractivity contribution >= 4 is 20.9 Å². The molecule has 0 aliphatic carbocycles. The number of nitrogens with one attached hydrogen (secondary N) is 3. The number of rotatable bonds is 6. The van der Waals surface area contributed by atoms with Crippen LogP contribution in [0.15, 0.2) is 32.7 Å². The van der Waals surface area contributed by atoms with Gasteiger partial charge >= 0.3 is 5.69 Å². The van der Waals surface area contributed by atoms with Gasteiger partial charge in [-0.25, -0.2) is 17.9 Å². The molecule has 1 aromatic carbocycles. The summed E-state index contributed by atoms with van der Waals surface area (Å²) in [7, 11) is -3.85. The summed E-state index contributed by atoms with van der Waals surface area (Å²) in [6.07, 6.45) is 1.08. The fourth-order valence-electron chi connectivity index (χ4n) is 2.38. The van der Waals surface area contributed by atoms with Crippen molar-refractivity contribution in [1.29, 1.82) is 0 Å². The molecule has 0 spiro atoms. The van der Waals surface area contributed by atoms with Gasteiger partial charge in [-0.1, -0.05) is 13.8 Å². The maximum atomic E-state index is 12.6. The predicted molar refractivity (Wildman–Crippen MR) is 87.9 cm³/mol. The Kier molecular flexibility index (Phi) is 4.73. The zero-order valence-electron chi connectivity index (χ0n) is 13.0. The predicted octanol–water partition coefficient (Wildman–Crippen LogP) is 0.0122. The number of H-pyrrole nitrogens is 2. The Morgan fingerprint density at radius 2 is 1.83 bits per heavy atom. The topological polar surface area (TPSA) is 138 Å². The molecule has 5 N–H and O–H groups in total. The molecule has 0 aliphatic heterocycles. The van der Waals surface area contributed by atoms with E-state index in [2.05, 4.69) is 14.7 Å². The Balaban J connectivity index is 2.54. The van der Waals surface area contributed by atoms with Gasteiger partial charge in [-0.2, -0.15) is 0 Å². The van der Waals surface area contributed by atoms with Gasteiger partial charge in [0, 0.05) is 12.1 Å². The first-order chi connectivity index (χ1) is 10.8. The third-order valence-electron chi connectivity index (χ3n) is 4.12. The SMILES string of the molecule is CCC(CC)(CN)NS(=O)(=O)c1ccc2[nH]c(=O)[nH]c(=O)c2c1. The van der Waals surface area contributed by atoms with Crippen LogP contribution in [0.2, 0.25) is 0 Å². The van der Waals surface area contributed by atoms with E-state index < -0.39 is 26.8 Å². The quantitative estimate of drug-likeness (QED) is 0.587. The molecule has 23 heavy (non-hydrogen) atoms. The molecule has 0 unspecified atom stereocenters. The Morgan fingerprint density at radius 3 is 2.39 bits per heavy atom. The highest BCUT2D eigenvalue weighted by molar-refractivity contribution is 7.89. The van der Waals surface area contributed by atoms with Gasteiger partial charge in [0.25, 0.3) is 5.56 Å². The number of sulfonamides is 1. The third-order valence-corrected chi connectivity index (χ3v) is 5.69. The van der Waals surface area contributed by atoms with E-state index in [9.17, 15) is 18.0 Å². The Bertz CT molecular complexity index is 917. The van der Waals surface area contributed by atoms with Crippen LogP contribution in [0.1, 0.15) is 26.7 Å². The van der Waals surface area contributed by atoms with Crippen molar-refractivity contribution < 1.29 is 8.42 Å². The minimum atomic E-state index is -3.85. The second-order valence-electron chi connectivity index (χ2n) is 5.41. The number of nitrogens with two attached hydrogens (primary N) is 1. The summed E-state index contributed by atoms with van der Waals surface area (Å²) in [6.45, 7) is 3.88. The monoisotopic (exact) mass is 340 g/mol. The van der Waals surface area contributed by atoms with E-state index in [4.69, 9.17) is 5.73 Å². The summed E-state index contributed by atoms with van der Waals surface area (Å²) in [5.41, 5.74) is 3.98. The molecule has 0 bridgehead atoms. The van der Waals surface area contributed by atoms with E-state index in [-0.39, 0.29) is 22.3 Å². The Hall–Kier alpha value is -1.97. The van der Waals surface area contributed by atoms with Gasteiger partial charge < -0.3 is 10.7 Å². The van der Waals surface area contributed by atoms with Crippen molar-refractivity contribution in [2.24, 2.45) is 5.73 Å². The van der Waals surface area contributed by atoms with E-state index in [1.807, 2.05) is 13.8 Å². The zero-order valence-corrected chi connectivity index (χ0v) is 13.8. The molecular formula is C14H20N4O4S. The van der Waals surface area contributed by atoms with E-state index in [0.29, 0.717) is 12.8 Å². The van der Waals surface area contributed by atoms with Crippen molar-refractivity contribution in [3.8, 4) is 0 Å². The average Bonchev–Trinajstić information content (AvgIpc) is 2.52. The smallest absolute Gasteiger partial charge is 0.326 e. The average molecular weight is 340 g/mol. The molecule has 0 saturated heterocycles. The lowest BCUT2D eigenvalue weighted by molar-refractivity contribution is 0.363. The Morgan fingerprint density at radius 1 is 1.17 bits per heavy atom. The fraction of sp³-hybridized carbons (Fsp3) is 0.429. The number of fused-ring (bicyclic) bond motifs is 1. The second kappa shape index (κ2) is 6.26. The van der Waals surface area contributed by atoms with Gasteiger partial charge in [-0.3, -0.25) is 9.78 Å². The summed E-state index contributed by atoms with van der Waals surface area (Å²) < 4.78 is 27.8. The Labute approximate surface area is 133 Å². The molecule has 8 nitrogen and oxygen atoms in total. The molecule has 2 aromatic rings. The lowest BCUT2D eigenvalue weighted by Gasteiger charge is -2.31. The minimum absolute atomic E-state index is 0.0535. The van der Waals surface area contributed by atoms with Crippen molar-refractivity contribution in [3.63, 3.8) is 0 Å². The highest BCUT2D eigenvalue weighted by atomic mass is 32.2. The molecule has 0 saturated carbocycles.